The highest BCUT2D eigenvalue weighted by Crippen LogP contribution is 2.22. The van der Waals surface area contributed by atoms with E-state index in [0.29, 0.717) is 16.3 Å². The number of hydrogen-bond acceptors (Lipinski definition) is 3. The van der Waals surface area contributed by atoms with Gasteiger partial charge in [-0.3, -0.25) is 9.48 Å². The lowest BCUT2D eigenvalue weighted by Crippen LogP contribution is -2.08. The summed E-state index contributed by atoms with van der Waals surface area (Å²) in [7, 11) is 1.80. The maximum absolute atomic E-state index is 12.2. The first-order valence-electron chi connectivity index (χ1n) is 6.12. The molecule has 0 saturated carbocycles. The molecule has 1 aromatic carbocycles. The fourth-order valence-corrected chi connectivity index (χ4v) is 2.30. The van der Waals surface area contributed by atoms with Crippen molar-refractivity contribution in [1.82, 2.24) is 9.78 Å². The first kappa shape index (κ1) is 13.6. The summed E-state index contributed by atoms with van der Waals surface area (Å²) < 4.78 is 1.68. The van der Waals surface area contributed by atoms with Gasteiger partial charge >= 0.3 is 0 Å². The summed E-state index contributed by atoms with van der Waals surface area (Å²) in [6.07, 6.45) is 0.995. The van der Waals surface area contributed by atoms with Gasteiger partial charge in [-0.2, -0.15) is 5.10 Å². The maximum atomic E-state index is 12.2. The second-order valence-electron chi connectivity index (χ2n) is 4.41. The van der Waals surface area contributed by atoms with Gasteiger partial charge in [0.2, 0.25) is 0 Å². The Morgan fingerprint density at radius 1 is 1.37 bits per heavy atom. The molecule has 2 rings (SSSR count). The van der Waals surface area contributed by atoms with Crippen LogP contribution in [0.5, 0.6) is 0 Å². The van der Waals surface area contributed by atoms with Crippen LogP contribution in [-0.2, 0) is 19.9 Å². The monoisotopic (exact) mass is 277 g/mol. The van der Waals surface area contributed by atoms with Crippen LogP contribution in [-0.4, -0.2) is 15.6 Å². The van der Waals surface area contributed by atoms with Crippen LogP contribution in [0.4, 0.5) is 5.69 Å². The third-order valence-electron chi connectivity index (χ3n) is 3.06. The van der Waals surface area contributed by atoms with Crippen molar-refractivity contribution in [3.05, 3.63) is 46.2 Å². The Bertz CT molecular complexity index is 602. The Morgan fingerprint density at radius 3 is 2.53 bits per heavy atom. The molecular weight excluding hydrogens is 262 g/mol. The largest absolute Gasteiger partial charge is 0.399 e. The molecule has 0 spiro atoms. The van der Waals surface area contributed by atoms with Crippen LogP contribution in [0, 0.1) is 0 Å². The van der Waals surface area contributed by atoms with Crippen LogP contribution < -0.4 is 5.73 Å². The topological polar surface area (TPSA) is 60.9 Å². The Labute approximate surface area is 117 Å². The van der Waals surface area contributed by atoms with Crippen molar-refractivity contribution in [2.45, 2.75) is 19.8 Å². The summed E-state index contributed by atoms with van der Waals surface area (Å²) in [5.74, 6) is 0.00699. The summed E-state index contributed by atoms with van der Waals surface area (Å²) in [5.41, 5.74) is 8.45. The lowest BCUT2D eigenvalue weighted by Gasteiger charge is -2.03. The predicted molar refractivity (Wildman–Crippen MR) is 76.5 cm³/mol. The molecule has 0 aliphatic rings. The summed E-state index contributed by atoms with van der Waals surface area (Å²) in [4.78, 5) is 12.2. The molecule has 1 heterocycles. The number of Topliss-reactive ketones (excluding diaryl/α,β-unsaturated/α-hetero) is 1. The van der Waals surface area contributed by atoms with Crippen LogP contribution in [0.15, 0.2) is 24.3 Å². The molecule has 2 aromatic rings. The van der Waals surface area contributed by atoms with Crippen LogP contribution in [0.2, 0.25) is 5.02 Å². The van der Waals surface area contributed by atoms with E-state index in [1.807, 2.05) is 6.92 Å². The van der Waals surface area contributed by atoms with E-state index in [-0.39, 0.29) is 12.2 Å². The SMILES string of the molecule is CCc1nn(C)c(CC(=O)c2ccc(N)cc2)c1Cl. The fraction of sp³-hybridized carbons (Fsp3) is 0.286. The van der Waals surface area contributed by atoms with Crippen LogP contribution in [0.25, 0.3) is 0 Å². The summed E-state index contributed by atoms with van der Waals surface area (Å²) >= 11 is 6.23. The molecule has 1 aromatic heterocycles. The number of aryl methyl sites for hydroxylation is 2. The lowest BCUT2D eigenvalue weighted by molar-refractivity contribution is 0.0991. The standard InChI is InChI=1S/C14H16ClN3O/c1-3-11-14(15)12(18(2)17-11)8-13(19)9-4-6-10(16)7-5-9/h4-7H,3,8,16H2,1-2H3. The van der Waals surface area contributed by atoms with Crippen molar-refractivity contribution in [3.63, 3.8) is 0 Å². The molecule has 0 aliphatic heterocycles. The number of hydrogen-bond donors (Lipinski definition) is 1. The molecule has 0 radical (unpaired) electrons. The first-order valence-corrected chi connectivity index (χ1v) is 6.49. The molecule has 0 unspecified atom stereocenters. The second kappa shape index (κ2) is 5.45. The highest BCUT2D eigenvalue weighted by atomic mass is 35.5. The highest BCUT2D eigenvalue weighted by molar-refractivity contribution is 6.32. The number of nitrogen functional groups attached to an aromatic ring is 1. The van der Waals surface area contributed by atoms with Gasteiger partial charge in [-0.1, -0.05) is 18.5 Å². The number of nitrogens with zero attached hydrogens (tertiary/aromatic N) is 2. The molecule has 0 atom stereocenters. The lowest BCUT2D eigenvalue weighted by atomic mass is 10.1. The van der Waals surface area contributed by atoms with Gasteiger partial charge < -0.3 is 5.73 Å². The second-order valence-corrected chi connectivity index (χ2v) is 4.78. The average Bonchev–Trinajstić information content (AvgIpc) is 2.67. The normalized spacial score (nSPS) is 10.7. The zero-order valence-corrected chi connectivity index (χ0v) is 11.7. The van der Waals surface area contributed by atoms with Crippen LogP contribution >= 0.6 is 11.6 Å². The number of ketones is 1. The van der Waals surface area contributed by atoms with Crippen LogP contribution in [0.1, 0.15) is 28.7 Å². The number of nitrogens with two attached hydrogens (primary N) is 1. The third kappa shape index (κ3) is 2.79. The summed E-state index contributed by atoms with van der Waals surface area (Å²) in [6, 6.07) is 6.89. The van der Waals surface area contributed by atoms with E-state index in [1.54, 1.807) is 36.0 Å². The van der Waals surface area contributed by atoms with E-state index >= 15 is 0 Å². The molecule has 100 valence electrons. The summed E-state index contributed by atoms with van der Waals surface area (Å²) in [5, 5.41) is 4.89. The number of carbonyl (C=O) groups excluding carboxylic acids is 1. The van der Waals surface area contributed by atoms with E-state index in [4.69, 9.17) is 17.3 Å². The van der Waals surface area contributed by atoms with Gasteiger partial charge in [0, 0.05) is 18.3 Å². The van der Waals surface area contributed by atoms with Gasteiger partial charge in [-0.15, -0.1) is 0 Å². The molecule has 4 nitrogen and oxygen atoms in total. The molecule has 5 heteroatoms. The van der Waals surface area contributed by atoms with Gasteiger partial charge in [-0.25, -0.2) is 0 Å². The number of anilines is 1. The Kier molecular flexibility index (Phi) is 3.90. The molecule has 19 heavy (non-hydrogen) atoms. The smallest absolute Gasteiger partial charge is 0.168 e. The maximum Gasteiger partial charge on any atom is 0.168 e. The van der Waals surface area contributed by atoms with Gasteiger partial charge in [0.25, 0.3) is 0 Å². The van der Waals surface area contributed by atoms with Crippen molar-refractivity contribution >= 4 is 23.1 Å². The zero-order valence-electron chi connectivity index (χ0n) is 11.0. The summed E-state index contributed by atoms with van der Waals surface area (Å²) in [6.45, 7) is 1.99. The molecule has 0 fully saturated rings. The predicted octanol–water partition coefficient (Wildman–Crippen LogP) is 2.64. The van der Waals surface area contributed by atoms with Crippen molar-refractivity contribution in [2.75, 3.05) is 5.73 Å². The van der Waals surface area contributed by atoms with E-state index in [0.717, 1.165) is 17.8 Å². The van der Waals surface area contributed by atoms with Crippen molar-refractivity contribution < 1.29 is 4.79 Å². The average molecular weight is 278 g/mol. The Balaban J connectivity index is 2.24. The minimum Gasteiger partial charge on any atom is -0.399 e. The fourth-order valence-electron chi connectivity index (χ4n) is 1.94. The Hall–Kier alpha value is -1.81. The third-order valence-corrected chi connectivity index (χ3v) is 3.50. The first-order chi connectivity index (χ1) is 9.02. The molecule has 0 aliphatic carbocycles. The van der Waals surface area contributed by atoms with E-state index in [9.17, 15) is 4.79 Å². The zero-order chi connectivity index (χ0) is 14.0. The van der Waals surface area contributed by atoms with E-state index in [2.05, 4.69) is 5.10 Å². The quantitative estimate of drug-likeness (QED) is 0.690. The number of halogens is 1. The molecular formula is C14H16ClN3O. The number of carbonyl (C=O) groups is 1. The van der Waals surface area contributed by atoms with E-state index < -0.39 is 0 Å². The van der Waals surface area contributed by atoms with Gasteiger partial charge in [0.05, 0.1) is 22.8 Å². The highest BCUT2D eigenvalue weighted by Gasteiger charge is 2.16. The van der Waals surface area contributed by atoms with Crippen molar-refractivity contribution in [2.24, 2.45) is 7.05 Å². The minimum atomic E-state index is 0.00699. The molecule has 0 amide bonds. The van der Waals surface area contributed by atoms with Crippen molar-refractivity contribution in [3.8, 4) is 0 Å². The molecule has 0 bridgehead atoms. The number of benzene rings is 1. The van der Waals surface area contributed by atoms with Gasteiger partial charge in [0.1, 0.15) is 0 Å². The number of aromatic nitrogens is 2. The molecule has 0 saturated heterocycles. The Morgan fingerprint density at radius 2 is 2.00 bits per heavy atom. The minimum absolute atomic E-state index is 0.00699. The van der Waals surface area contributed by atoms with Gasteiger partial charge in [0.15, 0.2) is 5.78 Å². The van der Waals surface area contributed by atoms with Gasteiger partial charge in [-0.05, 0) is 30.7 Å². The van der Waals surface area contributed by atoms with Crippen molar-refractivity contribution in [1.29, 1.82) is 0 Å². The van der Waals surface area contributed by atoms with E-state index in [1.165, 1.54) is 0 Å². The van der Waals surface area contributed by atoms with Crippen LogP contribution in [0.3, 0.4) is 0 Å². The molecule has 2 N–H and O–H groups in total. The number of rotatable bonds is 4.